The molecule has 4 rings (SSSR count). The summed E-state index contributed by atoms with van der Waals surface area (Å²) in [6.07, 6.45) is 1.93. The van der Waals surface area contributed by atoms with Gasteiger partial charge in [0.2, 0.25) is 11.8 Å². The molecule has 0 saturated carbocycles. The fraction of sp³-hybridized carbons (Fsp3) is 0.750. The molecule has 39 heavy (non-hydrogen) atoms. The van der Waals surface area contributed by atoms with E-state index in [9.17, 15) is 14.5 Å². The number of anilines is 1. The lowest BCUT2D eigenvalue weighted by Gasteiger charge is -2.30. The molecule has 0 aliphatic carbocycles. The highest BCUT2D eigenvalue weighted by molar-refractivity contribution is 7.54. The van der Waals surface area contributed by atoms with Crippen molar-refractivity contribution < 1.29 is 33.2 Å². The number of hydrogen-bond acceptors (Lipinski definition) is 11. The van der Waals surface area contributed by atoms with Crippen molar-refractivity contribution >= 4 is 30.8 Å². The topological polar surface area (TPSA) is 176 Å². The van der Waals surface area contributed by atoms with Gasteiger partial charge in [0.25, 0.3) is 0 Å². The van der Waals surface area contributed by atoms with Crippen LogP contribution in [0.15, 0.2) is 6.33 Å². The molecule has 0 amide bonds. The molecule has 0 spiro atoms. The van der Waals surface area contributed by atoms with E-state index >= 15 is 0 Å². The van der Waals surface area contributed by atoms with E-state index in [1.807, 2.05) is 20.8 Å². The van der Waals surface area contributed by atoms with Crippen LogP contribution in [-0.4, -0.2) is 86.4 Å². The average molecular weight is 570 g/mol. The van der Waals surface area contributed by atoms with E-state index in [0.717, 1.165) is 12.8 Å². The highest BCUT2D eigenvalue weighted by Gasteiger charge is 2.47. The predicted molar refractivity (Wildman–Crippen MR) is 143 cm³/mol. The van der Waals surface area contributed by atoms with Gasteiger partial charge in [0.05, 0.1) is 32.8 Å². The number of hydrogen-bond donors (Lipinski definition) is 3. The molecule has 0 bridgehead atoms. The first-order chi connectivity index (χ1) is 18.2. The predicted octanol–water partition coefficient (Wildman–Crippen LogP) is 2.24. The van der Waals surface area contributed by atoms with Crippen LogP contribution in [0.5, 0.6) is 5.88 Å². The lowest BCUT2D eigenvalue weighted by molar-refractivity contribution is -0.148. The first kappa shape index (κ1) is 29.6. The number of aliphatic hydroxyl groups is 1. The van der Waals surface area contributed by atoms with Crippen molar-refractivity contribution in [1.29, 1.82) is 0 Å². The minimum atomic E-state index is -3.62. The summed E-state index contributed by atoms with van der Waals surface area (Å²) >= 11 is 0. The van der Waals surface area contributed by atoms with Gasteiger partial charge in [-0.15, -0.1) is 0 Å². The number of nitrogen functional groups attached to an aromatic ring is 1. The highest BCUT2D eigenvalue weighted by Crippen LogP contribution is 2.50. The summed E-state index contributed by atoms with van der Waals surface area (Å²) in [4.78, 5) is 25.2. The Kier molecular flexibility index (Phi) is 8.56. The van der Waals surface area contributed by atoms with Crippen LogP contribution in [0.1, 0.15) is 60.1 Å². The monoisotopic (exact) mass is 569 g/mol. The van der Waals surface area contributed by atoms with Crippen molar-refractivity contribution in [2.24, 2.45) is 5.41 Å². The number of imidazole rings is 1. The Morgan fingerprint density at radius 3 is 2.69 bits per heavy atom. The quantitative estimate of drug-likeness (QED) is 0.281. The molecule has 15 heteroatoms. The standard InChI is InChI=1S/C24H40N7O7P/c1-15(20(32)36-13-23(2,3)4)29-39(34,30-9-7-8-10-30)37-12-16-11-24(5,33)21(38-16)31-14-26-17-18(31)27-22(25)28-19(17)35-6/h14-16,21,33H,7-13H2,1-6H3,(H,29,34)(H2,25,27,28). The number of rotatable bonds is 10. The lowest BCUT2D eigenvalue weighted by atomic mass is 9.99. The molecular weight excluding hydrogens is 529 g/mol. The van der Waals surface area contributed by atoms with Crippen LogP contribution in [0, 0.1) is 5.41 Å². The van der Waals surface area contributed by atoms with E-state index in [1.165, 1.54) is 13.4 Å². The normalized spacial score (nSPS) is 26.5. The number of nitrogens with two attached hydrogens (primary N) is 1. The van der Waals surface area contributed by atoms with Gasteiger partial charge in [0.1, 0.15) is 11.6 Å². The third-order valence-corrected chi connectivity index (χ3v) is 8.95. The number of methoxy groups -OCH3 is 1. The number of fused-ring (bicyclic) bond motifs is 1. The molecule has 0 radical (unpaired) electrons. The average Bonchev–Trinajstić information content (AvgIpc) is 3.59. The van der Waals surface area contributed by atoms with E-state index in [0.29, 0.717) is 24.3 Å². The van der Waals surface area contributed by atoms with Crippen molar-refractivity contribution in [3.05, 3.63) is 6.33 Å². The minimum absolute atomic E-state index is 0.00797. The fourth-order valence-corrected chi connectivity index (χ4v) is 6.86. The molecule has 4 N–H and O–H groups in total. The van der Waals surface area contributed by atoms with Crippen LogP contribution in [0.25, 0.3) is 11.2 Å². The second-order valence-electron chi connectivity index (χ2n) is 11.6. The maximum atomic E-state index is 14.0. The Labute approximate surface area is 228 Å². The van der Waals surface area contributed by atoms with Gasteiger partial charge in [0.15, 0.2) is 17.4 Å². The third kappa shape index (κ3) is 6.69. The summed E-state index contributed by atoms with van der Waals surface area (Å²) in [5, 5.41) is 14.1. The summed E-state index contributed by atoms with van der Waals surface area (Å²) in [5.41, 5.74) is 5.03. The Hall–Kier alpha value is -2.35. The van der Waals surface area contributed by atoms with Crippen molar-refractivity contribution in [3.8, 4) is 5.88 Å². The van der Waals surface area contributed by atoms with Gasteiger partial charge in [-0.2, -0.15) is 9.97 Å². The van der Waals surface area contributed by atoms with Crippen molar-refractivity contribution in [1.82, 2.24) is 29.3 Å². The van der Waals surface area contributed by atoms with Crippen LogP contribution in [-0.2, 0) is 23.4 Å². The summed E-state index contributed by atoms with van der Waals surface area (Å²) in [7, 11) is -2.17. The molecule has 4 heterocycles. The zero-order chi connectivity index (χ0) is 28.6. The van der Waals surface area contributed by atoms with Crippen LogP contribution in [0.3, 0.4) is 0 Å². The summed E-state index contributed by atoms with van der Waals surface area (Å²) in [5.74, 6) is -0.301. The number of carbonyl (C=O) groups excluding carboxylic acids is 1. The molecule has 218 valence electrons. The smallest absolute Gasteiger partial charge is 0.344 e. The van der Waals surface area contributed by atoms with Crippen molar-refractivity contribution in [3.63, 3.8) is 0 Å². The largest absolute Gasteiger partial charge is 0.479 e. The maximum Gasteiger partial charge on any atom is 0.344 e. The van der Waals surface area contributed by atoms with E-state index in [-0.39, 0.29) is 36.9 Å². The minimum Gasteiger partial charge on any atom is -0.479 e. The number of ether oxygens (including phenoxy) is 3. The molecule has 2 fully saturated rings. The second-order valence-corrected chi connectivity index (χ2v) is 13.7. The Morgan fingerprint density at radius 2 is 2.05 bits per heavy atom. The molecule has 0 aromatic carbocycles. The van der Waals surface area contributed by atoms with Gasteiger partial charge in [-0.3, -0.25) is 13.9 Å². The number of esters is 1. The van der Waals surface area contributed by atoms with Gasteiger partial charge < -0.3 is 29.6 Å². The molecule has 14 nitrogen and oxygen atoms in total. The van der Waals surface area contributed by atoms with Gasteiger partial charge in [0, 0.05) is 19.5 Å². The molecular formula is C24H40N7O7P. The molecule has 2 aliphatic heterocycles. The zero-order valence-electron chi connectivity index (χ0n) is 23.4. The van der Waals surface area contributed by atoms with Crippen LogP contribution in [0.4, 0.5) is 5.95 Å². The van der Waals surface area contributed by atoms with E-state index in [2.05, 4.69) is 20.0 Å². The van der Waals surface area contributed by atoms with Crippen LogP contribution >= 0.6 is 7.67 Å². The second kappa shape index (κ2) is 11.3. The van der Waals surface area contributed by atoms with Gasteiger partial charge in [-0.05, 0) is 32.1 Å². The molecule has 5 unspecified atom stereocenters. The molecule has 5 atom stereocenters. The summed E-state index contributed by atoms with van der Waals surface area (Å²) in [6.45, 7) is 10.4. The maximum absolute atomic E-state index is 14.0. The lowest BCUT2D eigenvalue weighted by Crippen LogP contribution is -2.39. The molecule has 2 aromatic rings. The number of aromatic nitrogens is 4. The summed E-state index contributed by atoms with van der Waals surface area (Å²) < 4.78 is 40.2. The number of carbonyl (C=O) groups is 1. The first-order valence-electron chi connectivity index (χ1n) is 13.1. The highest BCUT2D eigenvalue weighted by atomic mass is 31.2. The van der Waals surface area contributed by atoms with Crippen molar-refractivity contribution in [2.45, 2.75) is 77.9 Å². The first-order valence-corrected chi connectivity index (χ1v) is 14.7. The van der Waals surface area contributed by atoms with E-state index in [4.69, 9.17) is 24.5 Å². The molecule has 2 aromatic heterocycles. The number of nitrogens with zero attached hydrogens (tertiary/aromatic N) is 5. The number of nitrogens with one attached hydrogen (secondary N) is 1. The van der Waals surface area contributed by atoms with Gasteiger partial charge in [-0.25, -0.2) is 14.7 Å². The van der Waals surface area contributed by atoms with Gasteiger partial charge in [-0.1, -0.05) is 20.8 Å². The molecule has 2 saturated heterocycles. The van der Waals surface area contributed by atoms with E-state index < -0.39 is 37.6 Å². The zero-order valence-corrected chi connectivity index (χ0v) is 24.3. The Morgan fingerprint density at radius 1 is 1.36 bits per heavy atom. The Bertz CT molecular complexity index is 1230. The van der Waals surface area contributed by atoms with Crippen LogP contribution < -0.4 is 15.6 Å². The third-order valence-electron chi connectivity index (χ3n) is 6.60. The Balaban J connectivity index is 1.47. The van der Waals surface area contributed by atoms with E-state index in [1.54, 1.807) is 23.1 Å². The van der Waals surface area contributed by atoms with Gasteiger partial charge >= 0.3 is 13.6 Å². The van der Waals surface area contributed by atoms with Crippen molar-refractivity contribution in [2.75, 3.05) is 39.1 Å². The molecule has 2 aliphatic rings. The SMILES string of the molecule is COc1nc(N)nc2c1ncn2C1OC(COP(=O)(NC(C)C(=O)OCC(C)(C)C)N2CCCC2)CC1(C)O. The summed E-state index contributed by atoms with van der Waals surface area (Å²) in [6, 6.07) is -0.850. The fourth-order valence-electron chi connectivity index (χ4n) is 4.68. The van der Waals surface area contributed by atoms with Crippen LogP contribution in [0.2, 0.25) is 0 Å².